The molecule has 4 heteroatoms. The van der Waals surface area contributed by atoms with Gasteiger partial charge in [-0.25, -0.2) is 0 Å². The van der Waals surface area contributed by atoms with Crippen molar-refractivity contribution in [2.75, 3.05) is 5.33 Å². The van der Waals surface area contributed by atoms with E-state index in [2.05, 4.69) is 35.1 Å². The molecule has 0 heterocycles. The van der Waals surface area contributed by atoms with E-state index in [9.17, 15) is 9.90 Å². The smallest absolute Gasteiger partial charge is 0.224 e. The van der Waals surface area contributed by atoms with E-state index in [1.54, 1.807) is 18.2 Å². The Morgan fingerprint density at radius 3 is 2.72 bits per heavy atom. The van der Waals surface area contributed by atoms with Crippen LogP contribution in [-0.2, 0) is 11.2 Å². The lowest BCUT2D eigenvalue weighted by Gasteiger charge is -2.18. The number of phenols is 1. The molecule has 18 heavy (non-hydrogen) atoms. The largest absolute Gasteiger partial charge is 0.508 e. The highest BCUT2D eigenvalue weighted by atomic mass is 79.9. The van der Waals surface area contributed by atoms with E-state index in [1.807, 2.05) is 6.07 Å². The standard InChI is InChI=1S/C14H20BrNO2/c1-10(2)6-12(9-15)16-14(18)8-11-4-3-5-13(17)7-11/h3-5,7,10,12,17H,6,8-9H2,1-2H3,(H,16,18). The van der Waals surface area contributed by atoms with Gasteiger partial charge in [0, 0.05) is 11.4 Å². The molecule has 1 aromatic carbocycles. The van der Waals surface area contributed by atoms with Gasteiger partial charge in [0.1, 0.15) is 5.75 Å². The van der Waals surface area contributed by atoms with E-state index < -0.39 is 0 Å². The van der Waals surface area contributed by atoms with Crippen molar-refractivity contribution < 1.29 is 9.90 Å². The van der Waals surface area contributed by atoms with Crippen LogP contribution in [-0.4, -0.2) is 22.4 Å². The van der Waals surface area contributed by atoms with Crippen LogP contribution < -0.4 is 5.32 Å². The fourth-order valence-corrected chi connectivity index (χ4v) is 2.29. The second-order valence-electron chi connectivity index (χ2n) is 4.89. The van der Waals surface area contributed by atoms with Crippen molar-refractivity contribution in [1.82, 2.24) is 5.32 Å². The highest BCUT2D eigenvalue weighted by molar-refractivity contribution is 9.09. The molecule has 0 saturated carbocycles. The van der Waals surface area contributed by atoms with Gasteiger partial charge < -0.3 is 10.4 Å². The van der Waals surface area contributed by atoms with E-state index in [4.69, 9.17) is 0 Å². The van der Waals surface area contributed by atoms with Crippen molar-refractivity contribution in [1.29, 1.82) is 0 Å². The van der Waals surface area contributed by atoms with Crippen molar-refractivity contribution >= 4 is 21.8 Å². The maximum atomic E-state index is 11.9. The number of phenolic OH excluding ortho intramolecular Hbond substituents is 1. The SMILES string of the molecule is CC(C)CC(CBr)NC(=O)Cc1cccc(O)c1. The van der Waals surface area contributed by atoms with Crippen molar-refractivity contribution in [3.05, 3.63) is 29.8 Å². The van der Waals surface area contributed by atoms with Crippen LogP contribution in [0.3, 0.4) is 0 Å². The van der Waals surface area contributed by atoms with Crippen LogP contribution in [0.5, 0.6) is 5.75 Å². The van der Waals surface area contributed by atoms with E-state index in [-0.39, 0.29) is 17.7 Å². The first kappa shape index (κ1) is 15.0. The summed E-state index contributed by atoms with van der Waals surface area (Å²) < 4.78 is 0. The summed E-state index contributed by atoms with van der Waals surface area (Å²) in [5.41, 5.74) is 0.824. The molecule has 1 unspecified atom stereocenters. The third-order valence-electron chi connectivity index (χ3n) is 2.58. The highest BCUT2D eigenvalue weighted by Gasteiger charge is 2.13. The van der Waals surface area contributed by atoms with Crippen LogP contribution in [0, 0.1) is 5.92 Å². The Morgan fingerprint density at radius 2 is 2.17 bits per heavy atom. The molecule has 0 saturated heterocycles. The Morgan fingerprint density at radius 1 is 1.44 bits per heavy atom. The van der Waals surface area contributed by atoms with Crippen molar-refractivity contribution in [3.63, 3.8) is 0 Å². The molecule has 0 spiro atoms. The van der Waals surface area contributed by atoms with Gasteiger partial charge in [0.05, 0.1) is 6.42 Å². The van der Waals surface area contributed by atoms with Gasteiger partial charge in [0.2, 0.25) is 5.91 Å². The predicted octanol–water partition coefficient (Wildman–Crippen LogP) is 2.86. The summed E-state index contributed by atoms with van der Waals surface area (Å²) in [5, 5.41) is 13.1. The third kappa shape index (κ3) is 5.54. The molecule has 0 aliphatic carbocycles. The number of carbonyl (C=O) groups excluding carboxylic acids is 1. The van der Waals surface area contributed by atoms with Gasteiger partial charge in [-0.2, -0.15) is 0 Å². The minimum absolute atomic E-state index is 0.00861. The van der Waals surface area contributed by atoms with E-state index in [0.29, 0.717) is 12.3 Å². The lowest BCUT2D eigenvalue weighted by molar-refractivity contribution is -0.121. The van der Waals surface area contributed by atoms with Gasteiger partial charge in [-0.1, -0.05) is 41.9 Å². The minimum Gasteiger partial charge on any atom is -0.508 e. The number of benzene rings is 1. The van der Waals surface area contributed by atoms with Crippen LogP contribution in [0.2, 0.25) is 0 Å². The third-order valence-corrected chi connectivity index (χ3v) is 3.36. The summed E-state index contributed by atoms with van der Waals surface area (Å²) in [7, 11) is 0. The Kier molecular flexibility index (Phi) is 6.19. The minimum atomic E-state index is -0.00861. The van der Waals surface area contributed by atoms with Gasteiger partial charge in [-0.05, 0) is 30.0 Å². The molecular formula is C14H20BrNO2. The molecule has 0 radical (unpaired) electrons. The molecule has 0 bridgehead atoms. The quantitative estimate of drug-likeness (QED) is 0.793. The topological polar surface area (TPSA) is 49.3 Å². The van der Waals surface area contributed by atoms with Gasteiger partial charge >= 0.3 is 0 Å². The fraction of sp³-hybridized carbons (Fsp3) is 0.500. The Bertz CT molecular complexity index is 393. The van der Waals surface area contributed by atoms with Crippen molar-refractivity contribution in [3.8, 4) is 5.75 Å². The number of hydrogen-bond acceptors (Lipinski definition) is 2. The molecule has 1 atom stereocenters. The molecule has 3 nitrogen and oxygen atoms in total. The number of aromatic hydroxyl groups is 1. The number of amides is 1. The van der Waals surface area contributed by atoms with E-state index in [1.165, 1.54) is 0 Å². The van der Waals surface area contributed by atoms with Crippen molar-refractivity contribution in [2.45, 2.75) is 32.7 Å². The monoisotopic (exact) mass is 313 g/mol. The van der Waals surface area contributed by atoms with Gasteiger partial charge in [-0.15, -0.1) is 0 Å². The zero-order valence-electron chi connectivity index (χ0n) is 10.8. The first-order chi connectivity index (χ1) is 8.51. The summed E-state index contributed by atoms with van der Waals surface area (Å²) in [6.45, 7) is 4.27. The Balaban J connectivity index is 2.50. The van der Waals surface area contributed by atoms with Crippen LogP contribution in [0.4, 0.5) is 0 Å². The summed E-state index contributed by atoms with van der Waals surface area (Å²) in [6, 6.07) is 6.96. The second kappa shape index (κ2) is 7.41. The van der Waals surface area contributed by atoms with Crippen LogP contribution in [0.25, 0.3) is 0 Å². The number of nitrogens with one attached hydrogen (secondary N) is 1. The lowest BCUT2D eigenvalue weighted by Crippen LogP contribution is -2.37. The maximum Gasteiger partial charge on any atom is 0.224 e. The van der Waals surface area contributed by atoms with Crippen molar-refractivity contribution in [2.24, 2.45) is 5.92 Å². The first-order valence-electron chi connectivity index (χ1n) is 6.14. The molecule has 1 amide bonds. The average Bonchev–Trinajstić information content (AvgIpc) is 2.27. The number of halogens is 1. The molecule has 0 aromatic heterocycles. The van der Waals surface area contributed by atoms with Crippen LogP contribution in [0.15, 0.2) is 24.3 Å². The van der Waals surface area contributed by atoms with Crippen LogP contribution in [0.1, 0.15) is 25.8 Å². The van der Waals surface area contributed by atoms with Crippen LogP contribution >= 0.6 is 15.9 Å². The molecule has 1 aromatic rings. The molecule has 100 valence electrons. The lowest BCUT2D eigenvalue weighted by atomic mass is 10.0. The first-order valence-corrected chi connectivity index (χ1v) is 7.26. The normalized spacial score (nSPS) is 12.4. The molecule has 0 aliphatic heterocycles. The zero-order chi connectivity index (χ0) is 13.5. The Labute approximate surface area is 117 Å². The molecule has 2 N–H and O–H groups in total. The molecular weight excluding hydrogens is 294 g/mol. The molecule has 0 aliphatic rings. The summed E-state index contributed by atoms with van der Waals surface area (Å²) in [5.74, 6) is 0.735. The summed E-state index contributed by atoms with van der Waals surface area (Å²) in [4.78, 5) is 11.9. The summed E-state index contributed by atoms with van der Waals surface area (Å²) >= 11 is 3.42. The van der Waals surface area contributed by atoms with E-state index in [0.717, 1.165) is 17.3 Å². The number of carbonyl (C=O) groups is 1. The predicted molar refractivity (Wildman–Crippen MR) is 77.0 cm³/mol. The second-order valence-corrected chi connectivity index (χ2v) is 5.54. The highest BCUT2D eigenvalue weighted by Crippen LogP contribution is 2.12. The number of hydrogen-bond donors (Lipinski definition) is 2. The Hall–Kier alpha value is -1.03. The molecule has 0 fully saturated rings. The summed E-state index contributed by atoms with van der Waals surface area (Å²) in [6.07, 6.45) is 1.26. The van der Waals surface area contributed by atoms with Gasteiger partial charge in [-0.3, -0.25) is 4.79 Å². The number of alkyl halides is 1. The van der Waals surface area contributed by atoms with Gasteiger partial charge in [0.25, 0.3) is 0 Å². The van der Waals surface area contributed by atoms with E-state index >= 15 is 0 Å². The average molecular weight is 314 g/mol. The maximum absolute atomic E-state index is 11.9. The number of rotatable bonds is 6. The molecule has 1 rings (SSSR count). The fourth-order valence-electron chi connectivity index (χ4n) is 1.86. The zero-order valence-corrected chi connectivity index (χ0v) is 12.4. The van der Waals surface area contributed by atoms with Gasteiger partial charge in [0.15, 0.2) is 0 Å².